The number of likely N-dealkylation sites (tertiary alicyclic amines) is 1. The molecule has 0 spiro atoms. The van der Waals surface area contributed by atoms with Crippen LogP contribution in [0.25, 0.3) is 0 Å². The fraction of sp³-hybridized carbons (Fsp3) is 0.708. The zero-order chi connectivity index (χ0) is 20.8. The Bertz CT molecular complexity index is 626. The minimum Gasteiger partial charge on any atom is -0.370 e. The fourth-order valence-electron chi connectivity index (χ4n) is 4.56. The standard InChI is InChI=1S/C24H39N3O2/c1-19(2)14-27-16-23(29-18-21-8-6-5-7-9-21)15-26(17-24(27)28)22-10-12-25(13-11-22)20(3)4/h5-9,19-20,22-23H,10-18H2,1-4H3/t23-/m0/s1. The van der Waals surface area contributed by atoms with Gasteiger partial charge in [-0.3, -0.25) is 9.69 Å². The summed E-state index contributed by atoms with van der Waals surface area (Å²) in [4.78, 5) is 20.0. The van der Waals surface area contributed by atoms with E-state index in [2.05, 4.69) is 61.8 Å². The van der Waals surface area contributed by atoms with Crippen molar-refractivity contribution in [2.45, 2.75) is 65.3 Å². The molecule has 2 aliphatic heterocycles. The molecular formula is C24H39N3O2. The van der Waals surface area contributed by atoms with E-state index in [-0.39, 0.29) is 12.0 Å². The smallest absolute Gasteiger partial charge is 0.236 e. The average molecular weight is 402 g/mol. The third-order valence-corrected chi connectivity index (χ3v) is 6.21. The van der Waals surface area contributed by atoms with Crippen LogP contribution in [0.1, 0.15) is 46.1 Å². The molecule has 0 unspecified atom stereocenters. The molecule has 5 heteroatoms. The van der Waals surface area contributed by atoms with Gasteiger partial charge in [-0.05, 0) is 51.3 Å². The molecule has 0 N–H and O–H groups in total. The second-order valence-electron chi connectivity index (χ2n) is 9.40. The number of nitrogens with zero attached hydrogens (tertiary/aromatic N) is 3. The molecule has 2 heterocycles. The molecule has 0 aromatic heterocycles. The van der Waals surface area contributed by atoms with Crippen LogP contribution in [0.5, 0.6) is 0 Å². The monoisotopic (exact) mass is 401 g/mol. The Balaban J connectivity index is 1.66. The van der Waals surface area contributed by atoms with Crippen molar-refractivity contribution in [1.29, 1.82) is 0 Å². The molecule has 5 nitrogen and oxygen atoms in total. The molecule has 0 aliphatic carbocycles. The third-order valence-electron chi connectivity index (χ3n) is 6.21. The number of hydrogen-bond acceptors (Lipinski definition) is 4. The van der Waals surface area contributed by atoms with Crippen molar-refractivity contribution in [3.8, 4) is 0 Å². The number of amides is 1. The first-order valence-corrected chi connectivity index (χ1v) is 11.3. The van der Waals surface area contributed by atoms with Crippen LogP contribution < -0.4 is 0 Å². The molecule has 0 radical (unpaired) electrons. The van der Waals surface area contributed by atoms with Gasteiger partial charge < -0.3 is 14.5 Å². The van der Waals surface area contributed by atoms with E-state index in [9.17, 15) is 4.79 Å². The third kappa shape index (κ3) is 6.53. The minimum atomic E-state index is 0.0588. The zero-order valence-electron chi connectivity index (χ0n) is 18.7. The van der Waals surface area contributed by atoms with E-state index in [4.69, 9.17) is 4.74 Å². The first kappa shape index (κ1) is 22.3. The van der Waals surface area contributed by atoms with Crippen molar-refractivity contribution in [3.05, 3.63) is 35.9 Å². The lowest BCUT2D eigenvalue weighted by Crippen LogP contribution is -2.49. The highest BCUT2D eigenvalue weighted by atomic mass is 16.5. The molecule has 2 saturated heterocycles. The Morgan fingerprint density at radius 1 is 1.03 bits per heavy atom. The van der Waals surface area contributed by atoms with Gasteiger partial charge in [0.25, 0.3) is 0 Å². The predicted molar refractivity (Wildman–Crippen MR) is 118 cm³/mol. The molecule has 1 atom stereocenters. The Hall–Kier alpha value is -1.43. The van der Waals surface area contributed by atoms with Gasteiger partial charge in [0.15, 0.2) is 0 Å². The molecule has 29 heavy (non-hydrogen) atoms. The molecule has 2 fully saturated rings. The zero-order valence-corrected chi connectivity index (χ0v) is 18.7. The van der Waals surface area contributed by atoms with Crippen LogP contribution in [0.15, 0.2) is 30.3 Å². The Morgan fingerprint density at radius 3 is 2.34 bits per heavy atom. The number of piperidine rings is 1. The number of ether oxygens (including phenoxy) is 1. The Kier molecular flexibility index (Phi) is 8.10. The van der Waals surface area contributed by atoms with Crippen LogP contribution in [-0.4, -0.2) is 78.1 Å². The van der Waals surface area contributed by atoms with Crippen LogP contribution >= 0.6 is 0 Å². The molecule has 0 saturated carbocycles. The Labute approximate surface area is 177 Å². The maximum absolute atomic E-state index is 13.0. The van der Waals surface area contributed by atoms with Gasteiger partial charge in [-0.25, -0.2) is 0 Å². The van der Waals surface area contributed by atoms with Crippen LogP contribution in [0.2, 0.25) is 0 Å². The minimum absolute atomic E-state index is 0.0588. The van der Waals surface area contributed by atoms with Gasteiger partial charge in [0.1, 0.15) is 0 Å². The second-order valence-corrected chi connectivity index (χ2v) is 9.40. The van der Waals surface area contributed by atoms with E-state index >= 15 is 0 Å². The van der Waals surface area contributed by atoms with Crippen molar-refractivity contribution in [2.24, 2.45) is 5.92 Å². The van der Waals surface area contributed by atoms with Gasteiger partial charge in [0.05, 0.1) is 19.3 Å². The SMILES string of the molecule is CC(C)CN1C[C@@H](OCc2ccccc2)CN(C2CCN(C(C)C)CC2)CC1=O. The van der Waals surface area contributed by atoms with Gasteiger partial charge in [-0.2, -0.15) is 0 Å². The van der Waals surface area contributed by atoms with E-state index in [1.807, 2.05) is 11.0 Å². The summed E-state index contributed by atoms with van der Waals surface area (Å²) in [6.07, 6.45) is 2.34. The van der Waals surface area contributed by atoms with Gasteiger partial charge >= 0.3 is 0 Å². The molecule has 3 rings (SSSR count). The summed E-state index contributed by atoms with van der Waals surface area (Å²) in [6.45, 7) is 14.6. The summed E-state index contributed by atoms with van der Waals surface area (Å²) in [5.74, 6) is 0.727. The average Bonchev–Trinajstić information content (AvgIpc) is 2.86. The molecule has 0 bridgehead atoms. The highest BCUT2D eigenvalue weighted by Crippen LogP contribution is 2.22. The lowest BCUT2D eigenvalue weighted by atomic mass is 10.0. The quantitative estimate of drug-likeness (QED) is 0.703. The molecular weight excluding hydrogens is 362 g/mol. The van der Waals surface area contributed by atoms with E-state index in [0.717, 1.165) is 39.0 Å². The molecule has 1 aromatic rings. The number of carbonyl (C=O) groups is 1. The van der Waals surface area contributed by atoms with E-state index in [1.54, 1.807) is 0 Å². The van der Waals surface area contributed by atoms with Crippen molar-refractivity contribution in [1.82, 2.24) is 14.7 Å². The highest BCUT2D eigenvalue weighted by Gasteiger charge is 2.34. The number of carbonyl (C=O) groups excluding carboxylic acids is 1. The predicted octanol–water partition coefficient (Wildman–Crippen LogP) is 3.24. The van der Waals surface area contributed by atoms with Crippen LogP contribution in [-0.2, 0) is 16.1 Å². The highest BCUT2D eigenvalue weighted by molar-refractivity contribution is 5.78. The van der Waals surface area contributed by atoms with Crippen LogP contribution in [0.3, 0.4) is 0 Å². The normalized spacial score (nSPS) is 23.2. The topological polar surface area (TPSA) is 36.0 Å². The summed E-state index contributed by atoms with van der Waals surface area (Å²) in [5, 5.41) is 0. The van der Waals surface area contributed by atoms with E-state index in [1.165, 1.54) is 5.56 Å². The maximum atomic E-state index is 13.0. The molecule has 2 aliphatic rings. The van der Waals surface area contributed by atoms with Gasteiger partial charge in [-0.15, -0.1) is 0 Å². The van der Waals surface area contributed by atoms with Gasteiger partial charge in [0.2, 0.25) is 5.91 Å². The molecule has 1 aromatic carbocycles. The van der Waals surface area contributed by atoms with Crippen LogP contribution in [0, 0.1) is 5.92 Å². The lowest BCUT2D eigenvalue weighted by Gasteiger charge is -2.39. The first-order valence-electron chi connectivity index (χ1n) is 11.3. The summed E-state index contributed by atoms with van der Waals surface area (Å²) in [6, 6.07) is 11.4. The van der Waals surface area contributed by atoms with E-state index in [0.29, 0.717) is 37.7 Å². The number of hydrogen-bond donors (Lipinski definition) is 0. The van der Waals surface area contributed by atoms with Crippen molar-refractivity contribution in [3.63, 3.8) is 0 Å². The van der Waals surface area contributed by atoms with Crippen molar-refractivity contribution >= 4 is 5.91 Å². The fourth-order valence-corrected chi connectivity index (χ4v) is 4.56. The molecule has 162 valence electrons. The van der Waals surface area contributed by atoms with Crippen LogP contribution in [0.4, 0.5) is 0 Å². The van der Waals surface area contributed by atoms with Crippen molar-refractivity contribution in [2.75, 3.05) is 39.3 Å². The second kappa shape index (κ2) is 10.6. The van der Waals surface area contributed by atoms with Gasteiger partial charge in [0, 0.05) is 31.7 Å². The summed E-state index contributed by atoms with van der Waals surface area (Å²) in [5.41, 5.74) is 1.19. The molecule has 1 amide bonds. The van der Waals surface area contributed by atoms with Gasteiger partial charge in [-0.1, -0.05) is 44.2 Å². The lowest BCUT2D eigenvalue weighted by molar-refractivity contribution is -0.132. The Morgan fingerprint density at radius 2 is 1.72 bits per heavy atom. The number of benzene rings is 1. The first-order chi connectivity index (χ1) is 13.9. The maximum Gasteiger partial charge on any atom is 0.236 e. The number of rotatable bonds is 7. The van der Waals surface area contributed by atoms with E-state index < -0.39 is 0 Å². The summed E-state index contributed by atoms with van der Waals surface area (Å²) >= 11 is 0. The summed E-state index contributed by atoms with van der Waals surface area (Å²) in [7, 11) is 0. The summed E-state index contributed by atoms with van der Waals surface area (Å²) < 4.78 is 6.34. The largest absolute Gasteiger partial charge is 0.370 e. The van der Waals surface area contributed by atoms with Crippen molar-refractivity contribution < 1.29 is 9.53 Å².